The van der Waals surface area contributed by atoms with E-state index in [0.717, 1.165) is 10.1 Å². The Morgan fingerprint density at radius 2 is 1.81 bits per heavy atom. The molecule has 0 aliphatic carbocycles. The third-order valence-corrected chi connectivity index (χ3v) is 6.59. The Hall–Kier alpha value is -1.24. The Kier molecular flexibility index (Phi) is 6.64. The van der Waals surface area contributed by atoms with Gasteiger partial charge in [-0.3, -0.25) is 4.57 Å². The molecule has 0 bridgehead atoms. The third-order valence-electron chi connectivity index (χ3n) is 3.36. The van der Waals surface area contributed by atoms with Crippen molar-refractivity contribution in [3.63, 3.8) is 0 Å². The fourth-order valence-corrected chi connectivity index (χ4v) is 4.89. The first-order valence-electron chi connectivity index (χ1n) is 8.43. The number of benzene rings is 1. The van der Waals surface area contributed by atoms with Crippen molar-refractivity contribution in [3.05, 3.63) is 34.7 Å². The largest absolute Gasteiger partial charge is 0.456 e. The SMILES string of the molecule is CCOP(=O)(OCC)C(O)c1ccc2sc(C(=O)OC(C)(C)C)cc2c1. The molecule has 0 spiro atoms. The second kappa shape index (κ2) is 8.19. The monoisotopic (exact) mass is 400 g/mol. The van der Waals surface area contributed by atoms with E-state index in [-0.39, 0.29) is 13.2 Å². The van der Waals surface area contributed by atoms with E-state index in [9.17, 15) is 14.5 Å². The summed E-state index contributed by atoms with van der Waals surface area (Å²) in [6.45, 7) is 9.14. The van der Waals surface area contributed by atoms with Crippen LogP contribution in [0.5, 0.6) is 0 Å². The van der Waals surface area contributed by atoms with Crippen LogP contribution >= 0.6 is 18.9 Å². The van der Waals surface area contributed by atoms with E-state index in [2.05, 4.69) is 0 Å². The number of ether oxygens (including phenoxy) is 1. The summed E-state index contributed by atoms with van der Waals surface area (Å²) in [5.41, 5.74) is -0.160. The van der Waals surface area contributed by atoms with Gasteiger partial charge >= 0.3 is 13.6 Å². The summed E-state index contributed by atoms with van der Waals surface area (Å²) in [7, 11) is -3.68. The molecule has 2 rings (SSSR count). The zero-order valence-electron chi connectivity index (χ0n) is 15.6. The van der Waals surface area contributed by atoms with Gasteiger partial charge in [0.25, 0.3) is 0 Å². The van der Waals surface area contributed by atoms with Crippen LogP contribution in [0.1, 0.15) is 55.7 Å². The number of carbonyl (C=O) groups excluding carboxylic acids is 1. The number of rotatable bonds is 7. The standard InChI is InChI=1S/C18H25O6PS/c1-6-22-25(21,23-7-2)17(20)12-8-9-14-13(10-12)11-15(26-14)16(19)24-18(3,4)5/h8-11,17,20H,6-7H2,1-5H3. The highest BCUT2D eigenvalue weighted by atomic mass is 32.1. The molecule has 1 unspecified atom stereocenters. The van der Waals surface area contributed by atoms with E-state index in [4.69, 9.17) is 13.8 Å². The molecule has 1 heterocycles. The Bertz CT molecular complexity index is 813. The highest BCUT2D eigenvalue weighted by Gasteiger charge is 2.35. The van der Waals surface area contributed by atoms with Crippen LogP contribution in [0.4, 0.5) is 0 Å². The van der Waals surface area contributed by atoms with Crippen molar-refractivity contribution < 1.29 is 28.3 Å². The minimum Gasteiger partial charge on any atom is -0.456 e. The summed E-state index contributed by atoms with van der Waals surface area (Å²) >= 11 is 1.31. The maximum atomic E-state index is 12.8. The van der Waals surface area contributed by atoms with Crippen molar-refractivity contribution in [2.75, 3.05) is 13.2 Å². The van der Waals surface area contributed by atoms with Crippen molar-refractivity contribution >= 4 is 35.0 Å². The number of aliphatic hydroxyl groups excluding tert-OH is 1. The number of hydrogen-bond donors (Lipinski definition) is 1. The molecule has 1 aromatic carbocycles. The molecule has 0 amide bonds. The molecule has 0 radical (unpaired) electrons. The lowest BCUT2D eigenvalue weighted by Crippen LogP contribution is -2.23. The number of fused-ring (bicyclic) bond motifs is 1. The highest BCUT2D eigenvalue weighted by molar-refractivity contribution is 7.54. The number of esters is 1. The molecule has 2 aromatic rings. The molecular weight excluding hydrogens is 375 g/mol. The van der Waals surface area contributed by atoms with E-state index in [1.54, 1.807) is 38.1 Å². The summed E-state index contributed by atoms with van der Waals surface area (Å²) in [6.07, 6.45) is 0. The predicted molar refractivity (Wildman–Crippen MR) is 103 cm³/mol. The highest BCUT2D eigenvalue weighted by Crippen LogP contribution is 2.59. The van der Waals surface area contributed by atoms with Gasteiger partial charge in [-0.15, -0.1) is 11.3 Å². The van der Waals surface area contributed by atoms with Gasteiger partial charge in [0.1, 0.15) is 10.5 Å². The molecule has 8 heteroatoms. The average molecular weight is 400 g/mol. The molecule has 0 aliphatic rings. The zero-order valence-corrected chi connectivity index (χ0v) is 17.4. The van der Waals surface area contributed by atoms with Crippen molar-refractivity contribution in [2.24, 2.45) is 0 Å². The van der Waals surface area contributed by atoms with Gasteiger partial charge in [0.15, 0.2) is 5.85 Å². The van der Waals surface area contributed by atoms with Gasteiger partial charge < -0.3 is 18.9 Å². The Balaban J connectivity index is 2.34. The van der Waals surface area contributed by atoms with Gasteiger partial charge in [0, 0.05) is 4.70 Å². The molecule has 1 atom stereocenters. The minimum atomic E-state index is -3.68. The number of aliphatic hydroxyl groups is 1. The van der Waals surface area contributed by atoms with Crippen molar-refractivity contribution in [1.82, 2.24) is 0 Å². The first kappa shape index (κ1) is 21.1. The first-order chi connectivity index (χ1) is 12.1. The third kappa shape index (κ3) is 4.93. The van der Waals surface area contributed by atoms with E-state index < -0.39 is 25.0 Å². The molecule has 1 N–H and O–H groups in total. The van der Waals surface area contributed by atoms with Crippen LogP contribution in [0.15, 0.2) is 24.3 Å². The van der Waals surface area contributed by atoms with Crippen LogP contribution in [0.3, 0.4) is 0 Å². The lowest BCUT2D eigenvalue weighted by atomic mass is 10.1. The Morgan fingerprint density at radius 3 is 2.35 bits per heavy atom. The van der Waals surface area contributed by atoms with Crippen LogP contribution in [0.2, 0.25) is 0 Å². The van der Waals surface area contributed by atoms with E-state index >= 15 is 0 Å². The lowest BCUT2D eigenvalue weighted by molar-refractivity contribution is 0.00752. The summed E-state index contributed by atoms with van der Waals surface area (Å²) < 4.78 is 29.4. The number of thiophene rings is 1. The number of hydrogen-bond acceptors (Lipinski definition) is 7. The smallest absolute Gasteiger partial charge is 0.363 e. The fourth-order valence-electron chi connectivity index (χ4n) is 2.37. The van der Waals surface area contributed by atoms with Gasteiger partial charge in [0.2, 0.25) is 0 Å². The van der Waals surface area contributed by atoms with Crippen molar-refractivity contribution in [3.8, 4) is 0 Å². The topological polar surface area (TPSA) is 82.1 Å². The maximum Gasteiger partial charge on any atom is 0.363 e. The van der Waals surface area contributed by atoms with Gasteiger partial charge in [-0.2, -0.15) is 0 Å². The quantitative estimate of drug-likeness (QED) is 0.513. The molecule has 0 aliphatic heterocycles. The van der Waals surface area contributed by atoms with Gasteiger partial charge in [-0.1, -0.05) is 6.07 Å². The second-order valence-corrected chi connectivity index (χ2v) is 9.83. The predicted octanol–water partition coefficient (Wildman–Crippen LogP) is 5.11. The normalized spacial score (nSPS) is 13.8. The summed E-state index contributed by atoms with van der Waals surface area (Å²) in [4.78, 5) is 12.7. The maximum absolute atomic E-state index is 12.8. The first-order valence-corrected chi connectivity index (χ1v) is 10.9. The summed E-state index contributed by atoms with van der Waals surface area (Å²) in [5.74, 6) is -1.79. The van der Waals surface area contributed by atoms with E-state index in [0.29, 0.717) is 10.4 Å². The Labute approximate surface area is 157 Å². The summed E-state index contributed by atoms with van der Waals surface area (Å²) in [6, 6.07) is 6.83. The zero-order chi connectivity index (χ0) is 19.5. The van der Waals surface area contributed by atoms with Gasteiger partial charge in [0.05, 0.1) is 13.2 Å². The van der Waals surface area contributed by atoms with E-state index in [1.165, 1.54) is 11.3 Å². The van der Waals surface area contributed by atoms with Crippen LogP contribution in [-0.2, 0) is 18.3 Å². The van der Waals surface area contributed by atoms with Gasteiger partial charge in [-0.25, -0.2) is 4.79 Å². The molecule has 26 heavy (non-hydrogen) atoms. The fraction of sp³-hybridized carbons (Fsp3) is 0.500. The van der Waals surface area contributed by atoms with Crippen LogP contribution < -0.4 is 0 Å². The van der Waals surface area contributed by atoms with Crippen LogP contribution in [0, 0.1) is 0 Å². The molecule has 1 aromatic heterocycles. The van der Waals surface area contributed by atoms with Crippen molar-refractivity contribution in [1.29, 1.82) is 0 Å². The van der Waals surface area contributed by atoms with Crippen LogP contribution in [-0.4, -0.2) is 29.9 Å². The Morgan fingerprint density at radius 1 is 1.19 bits per heavy atom. The molecule has 6 nitrogen and oxygen atoms in total. The van der Waals surface area contributed by atoms with Crippen LogP contribution in [0.25, 0.3) is 10.1 Å². The average Bonchev–Trinajstić information content (AvgIpc) is 2.96. The minimum absolute atomic E-state index is 0.165. The van der Waals surface area contributed by atoms with Gasteiger partial charge in [-0.05, 0) is 63.8 Å². The molecular formula is C18H25O6PS. The van der Waals surface area contributed by atoms with Crippen molar-refractivity contribution in [2.45, 2.75) is 46.1 Å². The molecule has 144 valence electrons. The summed E-state index contributed by atoms with van der Waals surface area (Å²) in [5, 5.41) is 11.3. The number of carbonyl (C=O) groups is 1. The molecule has 0 fully saturated rings. The molecule has 0 saturated carbocycles. The lowest BCUT2D eigenvalue weighted by Gasteiger charge is -2.22. The molecule has 0 saturated heterocycles. The second-order valence-electron chi connectivity index (χ2n) is 6.66. The van der Waals surface area contributed by atoms with E-state index in [1.807, 2.05) is 20.8 Å².